The fourth-order valence-electron chi connectivity index (χ4n) is 0. The molecule has 0 unspecified atom stereocenters. The van der Waals surface area contributed by atoms with Gasteiger partial charge in [-0.25, -0.2) is 0 Å². The van der Waals surface area contributed by atoms with E-state index < -0.39 is 5.97 Å². The molecule has 0 spiro atoms. The summed E-state index contributed by atoms with van der Waals surface area (Å²) in [4.78, 5) is 9.00. The maximum absolute atomic E-state index is 9.00. The quantitative estimate of drug-likeness (QED) is 0.384. The maximum atomic E-state index is 9.00. The van der Waals surface area contributed by atoms with Crippen molar-refractivity contribution >= 4 is 56.3 Å². The van der Waals surface area contributed by atoms with E-state index in [4.69, 9.17) is 9.90 Å². The van der Waals surface area contributed by atoms with Gasteiger partial charge in [-0.15, -0.1) is 0 Å². The van der Waals surface area contributed by atoms with E-state index in [1.807, 2.05) is 6.92 Å². The average molecular weight is 182 g/mol. The predicted octanol–water partition coefficient (Wildman–Crippen LogP) is -0.714. The number of rotatable bonds is 0. The van der Waals surface area contributed by atoms with Crippen molar-refractivity contribution in [3.63, 3.8) is 0 Å². The first kappa shape index (κ1) is 22.5. The molecule has 0 aromatic carbocycles. The van der Waals surface area contributed by atoms with Gasteiger partial charge < -0.3 is 10.6 Å². The van der Waals surface area contributed by atoms with Crippen molar-refractivity contribution in [3.8, 4) is 0 Å². The van der Waals surface area contributed by atoms with Crippen molar-refractivity contribution in [2.24, 2.45) is 0 Å². The van der Waals surface area contributed by atoms with Crippen LogP contribution in [-0.2, 0) is 4.79 Å². The fraction of sp³-hybridized carbons (Fsp3) is 0.750. The summed E-state index contributed by atoms with van der Waals surface area (Å²) < 4.78 is 0. The zero-order valence-electron chi connectivity index (χ0n) is 5.01. The van der Waals surface area contributed by atoms with Gasteiger partial charge in [-0.3, -0.25) is 4.79 Å². The van der Waals surface area contributed by atoms with Crippen LogP contribution in [0, 0.1) is 0 Å². The molecular weight excluding hydrogens is 168 g/mol. The Hall–Kier alpha value is 1.04. The Morgan fingerprint density at radius 2 is 1.67 bits per heavy atom. The Morgan fingerprint density at radius 3 is 1.67 bits per heavy atom. The summed E-state index contributed by atoms with van der Waals surface area (Å²) in [6.45, 7) is 3.07. The number of carboxylic acids is 1. The van der Waals surface area contributed by atoms with Crippen LogP contribution in [0.25, 0.3) is 0 Å². The summed E-state index contributed by atoms with van der Waals surface area (Å²) in [5.74, 6) is 0.111. The minimum atomic E-state index is -0.833. The Balaban J connectivity index is -0.0000000233. The van der Waals surface area contributed by atoms with E-state index in [0.717, 1.165) is 12.7 Å². The van der Waals surface area contributed by atoms with E-state index in [0.29, 0.717) is 0 Å². The summed E-state index contributed by atoms with van der Waals surface area (Å²) >= 11 is 3.79. The first-order chi connectivity index (χ1) is 3.15. The van der Waals surface area contributed by atoms with Gasteiger partial charge in [0, 0.05) is 6.92 Å². The third-order valence-electron chi connectivity index (χ3n) is 0. The van der Waals surface area contributed by atoms with Crippen molar-refractivity contribution in [1.82, 2.24) is 0 Å². The van der Waals surface area contributed by atoms with Crippen LogP contribution < -0.4 is 0 Å². The summed E-state index contributed by atoms with van der Waals surface area (Å²) in [6.07, 6.45) is 0. The van der Waals surface area contributed by atoms with Crippen LogP contribution in [0.5, 0.6) is 0 Å². The van der Waals surface area contributed by atoms with Gasteiger partial charge in [0.05, 0.1) is 0 Å². The molecule has 0 saturated heterocycles. The normalized spacial score (nSPS) is 4.78. The molecule has 0 aromatic heterocycles. The zero-order chi connectivity index (χ0) is 6.28. The summed E-state index contributed by atoms with van der Waals surface area (Å²) in [5, 5.41) is 7.42. The third kappa shape index (κ3) is 414. The number of aliphatic carboxylic acids is 1. The number of hydrogen-bond donors (Lipinski definition) is 2. The van der Waals surface area contributed by atoms with Crippen molar-refractivity contribution in [3.05, 3.63) is 0 Å². The molecular formula is C4H14CaO3S. The Bertz CT molecular complexity index is 47.1. The summed E-state index contributed by atoms with van der Waals surface area (Å²) in [6, 6.07) is 0. The molecule has 0 aliphatic heterocycles. The van der Waals surface area contributed by atoms with E-state index in [-0.39, 0.29) is 43.2 Å². The standard InChI is InChI=1S/C2H4O2.C2H6S.Ca.H2O.2H/c1-2(3)4;1-2-3;;;;/h1H3,(H,3,4);3H,2H2,1H3;;1H2;;. The Labute approximate surface area is 90.5 Å². The van der Waals surface area contributed by atoms with Gasteiger partial charge in [-0.2, -0.15) is 12.6 Å². The van der Waals surface area contributed by atoms with Gasteiger partial charge in [-0.05, 0) is 5.75 Å². The van der Waals surface area contributed by atoms with Crippen molar-refractivity contribution in [2.45, 2.75) is 13.8 Å². The number of carbonyl (C=O) groups is 1. The first-order valence-electron chi connectivity index (χ1n) is 1.95. The van der Waals surface area contributed by atoms with Crippen LogP contribution in [0.4, 0.5) is 0 Å². The Morgan fingerprint density at radius 1 is 1.67 bits per heavy atom. The van der Waals surface area contributed by atoms with Crippen LogP contribution in [0.15, 0.2) is 0 Å². The molecule has 3 nitrogen and oxygen atoms in total. The van der Waals surface area contributed by atoms with Crippen LogP contribution >= 0.6 is 12.6 Å². The predicted molar refractivity (Wildman–Crippen MR) is 45.0 cm³/mol. The second kappa shape index (κ2) is 23.0. The van der Waals surface area contributed by atoms with Crippen LogP contribution in [0.1, 0.15) is 13.8 Å². The number of carboxylic acid groups (broad SMARTS) is 1. The Kier molecular flexibility index (Phi) is 57.5. The topological polar surface area (TPSA) is 68.8 Å². The first-order valence-corrected chi connectivity index (χ1v) is 2.58. The molecule has 0 aliphatic carbocycles. The molecule has 0 saturated carbocycles. The molecule has 0 rings (SSSR count). The summed E-state index contributed by atoms with van der Waals surface area (Å²) in [7, 11) is 0. The monoisotopic (exact) mass is 182 g/mol. The second-order valence-electron chi connectivity index (χ2n) is 0.835. The summed E-state index contributed by atoms with van der Waals surface area (Å²) in [5.41, 5.74) is 0. The molecule has 0 fully saturated rings. The van der Waals surface area contributed by atoms with E-state index >= 15 is 0 Å². The van der Waals surface area contributed by atoms with Gasteiger partial charge in [0.2, 0.25) is 0 Å². The zero-order valence-corrected chi connectivity index (χ0v) is 5.90. The van der Waals surface area contributed by atoms with Gasteiger partial charge in [0.15, 0.2) is 0 Å². The van der Waals surface area contributed by atoms with Gasteiger partial charge >= 0.3 is 37.7 Å². The molecule has 0 bridgehead atoms. The number of hydrogen-bond acceptors (Lipinski definition) is 2. The second-order valence-corrected chi connectivity index (χ2v) is 1.47. The van der Waals surface area contributed by atoms with Crippen LogP contribution in [0.3, 0.4) is 0 Å². The molecule has 5 heteroatoms. The van der Waals surface area contributed by atoms with E-state index in [1.54, 1.807) is 0 Å². The molecule has 0 aromatic rings. The van der Waals surface area contributed by atoms with E-state index in [9.17, 15) is 0 Å². The van der Waals surface area contributed by atoms with E-state index in [1.165, 1.54) is 0 Å². The SMILES string of the molecule is CC(=O)O.CCS.O.[CaH2]. The average Bonchev–Trinajstić information content (AvgIpc) is 1.33. The van der Waals surface area contributed by atoms with Crippen molar-refractivity contribution in [1.29, 1.82) is 0 Å². The molecule has 0 atom stereocenters. The van der Waals surface area contributed by atoms with Crippen LogP contribution in [0.2, 0.25) is 0 Å². The van der Waals surface area contributed by atoms with Gasteiger partial charge in [0.25, 0.3) is 5.97 Å². The minimum absolute atomic E-state index is 0. The molecule has 0 aliphatic rings. The van der Waals surface area contributed by atoms with Crippen molar-refractivity contribution < 1.29 is 15.4 Å². The third-order valence-corrected chi connectivity index (χ3v) is 0. The van der Waals surface area contributed by atoms with E-state index in [2.05, 4.69) is 12.6 Å². The molecule has 9 heavy (non-hydrogen) atoms. The molecule has 3 N–H and O–H groups in total. The molecule has 0 heterocycles. The van der Waals surface area contributed by atoms with Gasteiger partial charge in [0.1, 0.15) is 0 Å². The van der Waals surface area contributed by atoms with Crippen molar-refractivity contribution in [2.75, 3.05) is 5.75 Å². The fourth-order valence-corrected chi connectivity index (χ4v) is 0. The molecule has 0 radical (unpaired) electrons. The van der Waals surface area contributed by atoms with Crippen LogP contribution in [-0.4, -0.2) is 60.0 Å². The number of thiol groups is 1. The molecule has 56 valence electrons. The van der Waals surface area contributed by atoms with Gasteiger partial charge in [-0.1, -0.05) is 6.92 Å². The molecule has 0 amide bonds.